The van der Waals surface area contributed by atoms with Gasteiger partial charge in [-0.2, -0.15) is 0 Å². The third-order valence-electron chi connectivity index (χ3n) is 2.04. The van der Waals surface area contributed by atoms with Gasteiger partial charge in [-0.1, -0.05) is 0 Å². The summed E-state index contributed by atoms with van der Waals surface area (Å²) < 4.78 is 5.03. The fourth-order valence-corrected chi connectivity index (χ4v) is 1.05. The van der Waals surface area contributed by atoms with Gasteiger partial charge in [-0.25, -0.2) is 0 Å². The molecule has 0 saturated heterocycles. The third-order valence-corrected chi connectivity index (χ3v) is 2.04. The van der Waals surface area contributed by atoms with Gasteiger partial charge in [0.15, 0.2) is 0 Å². The van der Waals surface area contributed by atoms with E-state index in [-0.39, 0.29) is 36.8 Å². The monoisotopic (exact) mass is 221 g/mol. The minimum absolute atomic E-state index is 0. The molecule has 5 heteroatoms. The molecule has 1 atom stereocenters. The molecule has 0 amide bonds. The molecule has 14 heavy (non-hydrogen) atoms. The summed E-state index contributed by atoms with van der Waals surface area (Å²) in [5.74, 6) is -0.274. The molecule has 0 aromatic heterocycles. The van der Waals surface area contributed by atoms with Gasteiger partial charge in [0.1, 0.15) is 12.4 Å². The summed E-state index contributed by atoms with van der Waals surface area (Å²) in [5, 5.41) is 0. The van der Waals surface area contributed by atoms with Crippen LogP contribution in [-0.2, 0) is 14.3 Å². The Balaban J connectivity index is 0.00000169. The van der Waals surface area contributed by atoms with Crippen molar-refractivity contribution < 1.29 is 14.3 Å². The molecule has 1 aliphatic carbocycles. The van der Waals surface area contributed by atoms with Crippen molar-refractivity contribution in [1.82, 2.24) is 0 Å². The highest BCUT2D eigenvalue weighted by molar-refractivity contribution is 5.85. The number of halogens is 1. The predicted molar refractivity (Wildman–Crippen MR) is 54.2 cm³/mol. The fourth-order valence-electron chi connectivity index (χ4n) is 1.05. The molecular formula is C9H16ClNO3. The molecule has 0 aromatic rings. The smallest absolute Gasteiger partial charge is 0.306 e. The predicted octanol–water partition coefficient (Wildman–Crippen LogP) is 0.668. The maximum absolute atomic E-state index is 11.1. The molecule has 82 valence electrons. The maximum Gasteiger partial charge on any atom is 0.306 e. The van der Waals surface area contributed by atoms with Gasteiger partial charge in [-0.3, -0.25) is 4.79 Å². The van der Waals surface area contributed by atoms with E-state index in [2.05, 4.69) is 0 Å². The van der Waals surface area contributed by atoms with Crippen molar-refractivity contribution in [2.75, 3.05) is 6.54 Å². The van der Waals surface area contributed by atoms with Crippen molar-refractivity contribution in [2.24, 2.45) is 11.7 Å². The van der Waals surface area contributed by atoms with Crippen LogP contribution in [0.2, 0.25) is 0 Å². The standard InChI is InChI=1S/C9H15NO3.ClH/c10-6-7(3-4-11)5-9(12)13-8-1-2-8;/h4,7-8H,1-3,5-6,10H2;1H. The van der Waals surface area contributed by atoms with Crippen molar-refractivity contribution in [1.29, 1.82) is 0 Å². The number of nitrogens with two attached hydrogens (primary N) is 1. The number of esters is 1. The molecule has 1 fully saturated rings. The van der Waals surface area contributed by atoms with Crippen molar-refractivity contribution in [2.45, 2.75) is 31.8 Å². The fraction of sp³-hybridized carbons (Fsp3) is 0.778. The van der Waals surface area contributed by atoms with Crippen molar-refractivity contribution in [3.05, 3.63) is 0 Å². The lowest BCUT2D eigenvalue weighted by Gasteiger charge is -2.09. The average Bonchev–Trinajstić information content (AvgIpc) is 2.87. The average molecular weight is 222 g/mol. The van der Waals surface area contributed by atoms with Crippen LogP contribution in [0.5, 0.6) is 0 Å². The lowest BCUT2D eigenvalue weighted by molar-refractivity contribution is -0.145. The second-order valence-corrected chi connectivity index (χ2v) is 3.40. The number of ether oxygens (including phenoxy) is 1. The van der Waals surface area contributed by atoms with Crippen LogP contribution in [0.3, 0.4) is 0 Å². The molecule has 1 unspecified atom stereocenters. The van der Waals surface area contributed by atoms with Gasteiger partial charge >= 0.3 is 5.97 Å². The summed E-state index contributed by atoms with van der Waals surface area (Å²) >= 11 is 0. The highest BCUT2D eigenvalue weighted by Crippen LogP contribution is 2.24. The quantitative estimate of drug-likeness (QED) is 0.529. The molecule has 0 aromatic carbocycles. The van der Waals surface area contributed by atoms with E-state index in [9.17, 15) is 9.59 Å². The number of aldehydes is 1. The minimum atomic E-state index is -0.222. The van der Waals surface area contributed by atoms with E-state index in [0.717, 1.165) is 19.1 Å². The molecular weight excluding hydrogens is 206 g/mol. The van der Waals surface area contributed by atoms with Crippen LogP contribution in [-0.4, -0.2) is 24.9 Å². The van der Waals surface area contributed by atoms with E-state index in [1.165, 1.54) is 0 Å². The van der Waals surface area contributed by atoms with Crippen LogP contribution in [0, 0.1) is 5.92 Å². The second-order valence-electron chi connectivity index (χ2n) is 3.40. The summed E-state index contributed by atoms with van der Waals surface area (Å²) in [4.78, 5) is 21.3. The number of carbonyl (C=O) groups excluding carboxylic acids is 2. The minimum Gasteiger partial charge on any atom is -0.462 e. The van der Waals surface area contributed by atoms with E-state index in [0.29, 0.717) is 13.0 Å². The molecule has 1 saturated carbocycles. The molecule has 1 rings (SSSR count). The lowest BCUT2D eigenvalue weighted by Crippen LogP contribution is -2.20. The Hall–Kier alpha value is -0.610. The van der Waals surface area contributed by atoms with Gasteiger partial charge in [0.25, 0.3) is 0 Å². The van der Waals surface area contributed by atoms with Crippen LogP contribution in [0.25, 0.3) is 0 Å². The largest absolute Gasteiger partial charge is 0.462 e. The molecule has 0 radical (unpaired) electrons. The number of rotatable bonds is 6. The number of carbonyl (C=O) groups is 2. The molecule has 0 bridgehead atoms. The highest BCUT2D eigenvalue weighted by atomic mass is 35.5. The Morgan fingerprint density at radius 1 is 1.57 bits per heavy atom. The van der Waals surface area contributed by atoms with Crippen LogP contribution < -0.4 is 5.73 Å². The van der Waals surface area contributed by atoms with Crippen molar-refractivity contribution in [3.63, 3.8) is 0 Å². The van der Waals surface area contributed by atoms with E-state index in [1.54, 1.807) is 0 Å². The van der Waals surface area contributed by atoms with E-state index in [1.807, 2.05) is 0 Å². The Labute approximate surface area is 89.6 Å². The van der Waals surface area contributed by atoms with Crippen LogP contribution in [0.4, 0.5) is 0 Å². The van der Waals surface area contributed by atoms with Gasteiger partial charge in [0, 0.05) is 12.8 Å². The molecule has 4 nitrogen and oxygen atoms in total. The van der Waals surface area contributed by atoms with Gasteiger partial charge in [0.05, 0.1) is 0 Å². The summed E-state index contributed by atoms with van der Waals surface area (Å²) in [7, 11) is 0. The molecule has 1 aliphatic rings. The Morgan fingerprint density at radius 3 is 2.64 bits per heavy atom. The Kier molecular flexibility index (Phi) is 6.49. The Morgan fingerprint density at radius 2 is 2.21 bits per heavy atom. The topological polar surface area (TPSA) is 69.4 Å². The summed E-state index contributed by atoms with van der Waals surface area (Å²) in [6, 6.07) is 0. The zero-order valence-corrected chi connectivity index (χ0v) is 8.79. The normalized spacial score (nSPS) is 16.6. The molecule has 0 heterocycles. The highest BCUT2D eigenvalue weighted by Gasteiger charge is 2.26. The maximum atomic E-state index is 11.1. The van der Waals surface area contributed by atoms with E-state index < -0.39 is 0 Å². The third kappa shape index (κ3) is 5.19. The van der Waals surface area contributed by atoms with Crippen molar-refractivity contribution in [3.8, 4) is 0 Å². The SMILES string of the molecule is Cl.NCC(CC=O)CC(=O)OC1CC1. The van der Waals surface area contributed by atoms with Gasteiger partial charge in [0.2, 0.25) is 0 Å². The van der Waals surface area contributed by atoms with Crippen LogP contribution in [0.1, 0.15) is 25.7 Å². The first kappa shape index (κ1) is 13.4. The lowest BCUT2D eigenvalue weighted by atomic mass is 10.0. The summed E-state index contributed by atoms with van der Waals surface area (Å²) in [6.07, 6.45) is 3.51. The van der Waals surface area contributed by atoms with E-state index in [4.69, 9.17) is 10.5 Å². The zero-order valence-electron chi connectivity index (χ0n) is 7.98. The van der Waals surface area contributed by atoms with Gasteiger partial charge < -0.3 is 15.3 Å². The molecule has 2 N–H and O–H groups in total. The Bertz CT molecular complexity index is 194. The van der Waals surface area contributed by atoms with Gasteiger partial charge in [-0.05, 0) is 25.3 Å². The first-order valence-electron chi connectivity index (χ1n) is 4.59. The molecule has 0 aliphatic heterocycles. The summed E-state index contributed by atoms with van der Waals surface area (Å²) in [5.41, 5.74) is 5.39. The van der Waals surface area contributed by atoms with Crippen LogP contribution in [0.15, 0.2) is 0 Å². The number of hydrogen-bond acceptors (Lipinski definition) is 4. The van der Waals surface area contributed by atoms with Gasteiger partial charge in [-0.15, -0.1) is 12.4 Å². The first-order valence-corrected chi connectivity index (χ1v) is 4.59. The number of hydrogen-bond donors (Lipinski definition) is 1. The second kappa shape index (κ2) is 6.79. The van der Waals surface area contributed by atoms with Crippen LogP contribution >= 0.6 is 12.4 Å². The first-order chi connectivity index (χ1) is 6.26. The molecule has 0 spiro atoms. The summed E-state index contributed by atoms with van der Waals surface area (Å²) in [6.45, 7) is 0.360. The van der Waals surface area contributed by atoms with Crippen molar-refractivity contribution >= 4 is 24.7 Å². The van der Waals surface area contributed by atoms with E-state index >= 15 is 0 Å². The zero-order chi connectivity index (χ0) is 9.68.